The van der Waals surface area contributed by atoms with Crippen LogP contribution in [-0.4, -0.2) is 25.0 Å². The van der Waals surface area contributed by atoms with Gasteiger partial charge in [0.2, 0.25) is 5.91 Å². The van der Waals surface area contributed by atoms with E-state index in [4.69, 9.17) is 0 Å². The smallest absolute Gasteiger partial charge is 0.221 e. The third kappa shape index (κ3) is 9.08. The van der Waals surface area contributed by atoms with Crippen LogP contribution >= 0.6 is 0 Å². The quantitative estimate of drug-likeness (QED) is 0.459. The van der Waals surface area contributed by atoms with E-state index in [9.17, 15) is 4.79 Å². The van der Waals surface area contributed by atoms with E-state index in [0.717, 1.165) is 19.5 Å². The number of carbonyl (C=O) groups excluding carboxylic acids is 1. The zero-order chi connectivity index (χ0) is 10.1. The Balaban J connectivity index is 3.22. The van der Waals surface area contributed by atoms with Gasteiger partial charge in [0.25, 0.3) is 0 Å². The molecule has 1 amide bonds. The van der Waals surface area contributed by atoms with Crippen molar-refractivity contribution in [2.75, 3.05) is 13.1 Å². The molecule has 76 valence electrons. The molecule has 13 heavy (non-hydrogen) atoms. The van der Waals surface area contributed by atoms with Gasteiger partial charge in [-0.3, -0.25) is 4.79 Å². The van der Waals surface area contributed by atoms with E-state index in [0.29, 0.717) is 6.42 Å². The minimum atomic E-state index is 0.112. The van der Waals surface area contributed by atoms with Crippen LogP contribution in [-0.2, 0) is 4.79 Å². The van der Waals surface area contributed by atoms with E-state index in [1.807, 2.05) is 19.9 Å². The van der Waals surface area contributed by atoms with Crippen molar-refractivity contribution in [1.29, 1.82) is 0 Å². The molecule has 0 aliphatic carbocycles. The molecule has 0 unspecified atom stereocenters. The molecular formula is C10H20N2O. The predicted molar refractivity (Wildman–Crippen MR) is 55.6 cm³/mol. The maximum atomic E-state index is 11.1. The maximum absolute atomic E-state index is 11.1. The summed E-state index contributed by atoms with van der Waals surface area (Å²) in [5, 5.41) is 5.99. The summed E-state index contributed by atoms with van der Waals surface area (Å²) in [5.74, 6) is 0.112. The van der Waals surface area contributed by atoms with Gasteiger partial charge >= 0.3 is 0 Å². The SMILES string of the molecule is C=CCCNCCC(=O)NC(C)C. The lowest BCUT2D eigenvalue weighted by molar-refractivity contribution is -0.121. The summed E-state index contributed by atoms with van der Waals surface area (Å²) >= 11 is 0. The van der Waals surface area contributed by atoms with Crippen LogP contribution in [0.15, 0.2) is 12.7 Å². The molecule has 0 bridgehead atoms. The Bertz CT molecular complexity index is 155. The number of rotatable bonds is 7. The normalized spacial score (nSPS) is 10.1. The molecule has 0 aliphatic heterocycles. The summed E-state index contributed by atoms with van der Waals surface area (Å²) in [4.78, 5) is 11.1. The molecule has 0 rings (SSSR count). The topological polar surface area (TPSA) is 41.1 Å². The molecule has 0 spiro atoms. The molecule has 0 aromatic heterocycles. The van der Waals surface area contributed by atoms with Crippen molar-refractivity contribution in [3.05, 3.63) is 12.7 Å². The first kappa shape index (κ1) is 12.2. The second-order valence-corrected chi connectivity index (χ2v) is 3.30. The van der Waals surface area contributed by atoms with E-state index in [1.54, 1.807) is 0 Å². The van der Waals surface area contributed by atoms with Crippen molar-refractivity contribution in [3.8, 4) is 0 Å². The Morgan fingerprint density at radius 1 is 1.46 bits per heavy atom. The minimum Gasteiger partial charge on any atom is -0.354 e. The van der Waals surface area contributed by atoms with Gasteiger partial charge in [-0.2, -0.15) is 0 Å². The highest BCUT2D eigenvalue weighted by atomic mass is 16.1. The largest absolute Gasteiger partial charge is 0.354 e. The zero-order valence-corrected chi connectivity index (χ0v) is 8.60. The molecular weight excluding hydrogens is 164 g/mol. The lowest BCUT2D eigenvalue weighted by Gasteiger charge is -2.08. The lowest BCUT2D eigenvalue weighted by atomic mass is 10.3. The highest BCUT2D eigenvalue weighted by Gasteiger charge is 2.01. The van der Waals surface area contributed by atoms with Gasteiger partial charge in [-0.05, 0) is 26.8 Å². The van der Waals surface area contributed by atoms with Crippen molar-refractivity contribution in [1.82, 2.24) is 10.6 Å². The van der Waals surface area contributed by atoms with Crippen LogP contribution in [0.25, 0.3) is 0 Å². The molecule has 0 fully saturated rings. The average molecular weight is 184 g/mol. The van der Waals surface area contributed by atoms with Crippen LogP contribution < -0.4 is 10.6 Å². The Morgan fingerprint density at radius 3 is 2.69 bits per heavy atom. The Labute approximate surface area is 80.6 Å². The summed E-state index contributed by atoms with van der Waals surface area (Å²) in [6.07, 6.45) is 3.36. The molecule has 3 heteroatoms. The van der Waals surface area contributed by atoms with Crippen molar-refractivity contribution >= 4 is 5.91 Å². The highest BCUT2D eigenvalue weighted by molar-refractivity contribution is 5.76. The van der Waals surface area contributed by atoms with Gasteiger partial charge in [-0.15, -0.1) is 6.58 Å². The molecule has 0 radical (unpaired) electrons. The summed E-state index contributed by atoms with van der Waals surface area (Å²) in [7, 11) is 0. The number of hydrogen-bond donors (Lipinski definition) is 2. The monoisotopic (exact) mass is 184 g/mol. The van der Waals surface area contributed by atoms with Gasteiger partial charge in [-0.1, -0.05) is 6.08 Å². The van der Waals surface area contributed by atoms with Gasteiger partial charge in [0.05, 0.1) is 0 Å². The van der Waals surface area contributed by atoms with Crippen LogP contribution in [0.3, 0.4) is 0 Å². The molecule has 0 saturated carbocycles. The van der Waals surface area contributed by atoms with Crippen LogP contribution in [0, 0.1) is 0 Å². The first-order chi connectivity index (χ1) is 6.16. The van der Waals surface area contributed by atoms with Crippen LogP contribution in [0.5, 0.6) is 0 Å². The third-order valence-corrected chi connectivity index (χ3v) is 1.50. The number of carbonyl (C=O) groups is 1. The standard InChI is InChI=1S/C10H20N2O/c1-4-5-7-11-8-6-10(13)12-9(2)3/h4,9,11H,1,5-8H2,2-3H3,(H,12,13). The zero-order valence-electron chi connectivity index (χ0n) is 8.60. The molecule has 0 saturated heterocycles. The van der Waals surface area contributed by atoms with Crippen molar-refractivity contribution < 1.29 is 4.79 Å². The van der Waals surface area contributed by atoms with Gasteiger partial charge < -0.3 is 10.6 Å². The van der Waals surface area contributed by atoms with Crippen LogP contribution in [0.4, 0.5) is 0 Å². The lowest BCUT2D eigenvalue weighted by Crippen LogP contribution is -2.32. The van der Waals surface area contributed by atoms with Crippen molar-refractivity contribution in [2.45, 2.75) is 32.7 Å². The molecule has 0 heterocycles. The van der Waals surface area contributed by atoms with Crippen molar-refractivity contribution in [2.24, 2.45) is 0 Å². The summed E-state index contributed by atoms with van der Waals surface area (Å²) in [5.41, 5.74) is 0. The first-order valence-electron chi connectivity index (χ1n) is 4.77. The van der Waals surface area contributed by atoms with E-state index in [2.05, 4.69) is 17.2 Å². The molecule has 0 atom stereocenters. The number of amides is 1. The van der Waals surface area contributed by atoms with Gasteiger partial charge in [-0.25, -0.2) is 0 Å². The fourth-order valence-electron chi connectivity index (χ4n) is 0.925. The molecule has 0 aromatic carbocycles. The Morgan fingerprint density at radius 2 is 2.15 bits per heavy atom. The average Bonchev–Trinajstić information content (AvgIpc) is 2.02. The van der Waals surface area contributed by atoms with Gasteiger partial charge in [0, 0.05) is 19.0 Å². The van der Waals surface area contributed by atoms with Gasteiger partial charge in [0.15, 0.2) is 0 Å². The second kappa shape index (κ2) is 7.80. The summed E-state index contributed by atoms with van der Waals surface area (Å²) in [6, 6.07) is 0.237. The van der Waals surface area contributed by atoms with E-state index < -0.39 is 0 Å². The Kier molecular flexibility index (Phi) is 7.30. The third-order valence-electron chi connectivity index (χ3n) is 1.50. The second-order valence-electron chi connectivity index (χ2n) is 3.30. The van der Waals surface area contributed by atoms with E-state index >= 15 is 0 Å². The fraction of sp³-hybridized carbons (Fsp3) is 0.700. The molecule has 2 N–H and O–H groups in total. The fourth-order valence-corrected chi connectivity index (χ4v) is 0.925. The predicted octanol–water partition coefficient (Wildman–Crippen LogP) is 1.07. The number of hydrogen-bond acceptors (Lipinski definition) is 2. The van der Waals surface area contributed by atoms with E-state index in [1.165, 1.54) is 0 Å². The summed E-state index contributed by atoms with van der Waals surface area (Å²) < 4.78 is 0. The van der Waals surface area contributed by atoms with E-state index in [-0.39, 0.29) is 11.9 Å². The van der Waals surface area contributed by atoms with Crippen LogP contribution in [0.2, 0.25) is 0 Å². The first-order valence-corrected chi connectivity index (χ1v) is 4.77. The molecule has 0 aliphatic rings. The maximum Gasteiger partial charge on any atom is 0.221 e. The number of nitrogens with one attached hydrogen (secondary N) is 2. The van der Waals surface area contributed by atoms with Crippen molar-refractivity contribution in [3.63, 3.8) is 0 Å². The Hall–Kier alpha value is -0.830. The minimum absolute atomic E-state index is 0.112. The molecule has 0 aromatic rings. The van der Waals surface area contributed by atoms with Gasteiger partial charge in [0.1, 0.15) is 0 Å². The summed E-state index contributed by atoms with van der Waals surface area (Å²) in [6.45, 7) is 9.18. The van der Waals surface area contributed by atoms with Crippen LogP contribution in [0.1, 0.15) is 26.7 Å². The highest BCUT2D eigenvalue weighted by Crippen LogP contribution is 1.82. The molecule has 3 nitrogen and oxygen atoms in total.